The summed E-state index contributed by atoms with van der Waals surface area (Å²) in [5.74, 6) is 0.768. The van der Waals surface area contributed by atoms with E-state index in [1.165, 1.54) is 4.88 Å². The number of nitrogens with zero attached hydrogens (tertiary/aromatic N) is 1. The molecule has 0 bridgehead atoms. The monoisotopic (exact) mass is 269 g/mol. The van der Waals surface area contributed by atoms with Crippen LogP contribution in [-0.2, 0) is 4.74 Å². The van der Waals surface area contributed by atoms with Gasteiger partial charge in [-0.3, -0.25) is 9.69 Å². The molecular formula is C14H23NO2S. The van der Waals surface area contributed by atoms with Crippen molar-refractivity contribution in [3.63, 3.8) is 0 Å². The van der Waals surface area contributed by atoms with Crippen LogP contribution in [0.4, 0.5) is 0 Å². The Morgan fingerprint density at radius 1 is 1.44 bits per heavy atom. The summed E-state index contributed by atoms with van der Waals surface area (Å²) in [7, 11) is 1.69. The number of ether oxygens (including phenoxy) is 1. The van der Waals surface area contributed by atoms with Crippen LogP contribution in [0.25, 0.3) is 0 Å². The Morgan fingerprint density at radius 2 is 2.17 bits per heavy atom. The van der Waals surface area contributed by atoms with E-state index < -0.39 is 0 Å². The highest BCUT2D eigenvalue weighted by Gasteiger charge is 2.14. The SMILES string of the molecule is COCCN(CC(=O)c1ccc(C)s1)CC(C)C. The van der Waals surface area contributed by atoms with Crippen LogP contribution in [-0.4, -0.2) is 44.0 Å². The molecule has 0 saturated heterocycles. The number of methoxy groups -OCH3 is 1. The van der Waals surface area contributed by atoms with Gasteiger partial charge in [0.1, 0.15) is 0 Å². The van der Waals surface area contributed by atoms with Crippen molar-refractivity contribution in [3.8, 4) is 0 Å². The molecule has 0 unspecified atom stereocenters. The van der Waals surface area contributed by atoms with Gasteiger partial charge in [-0.15, -0.1) is 11.3 Å². The van der Waals surface area contributed by atoms with E-state index in [-0.39, 0.29) is 5.78 Å². The molecule has 102 valence electrons. The molecule has 3 nitrogen and oxygen atoms in total. The molecule has 4 heteroatoms. The van der Waals surface area contributed by atoms with Gasteiger partial charge in [0.25, 0.3) is 0 Å². The smallest absolute Gasteiger partial charge is 0.186 e. The lowest BCUT2D eigenvalue weighted by Crippen LogP contribution is -2.35. The molecule has 18 heavy (non-hydrogen) atoms. The summed E-state index contributed by atoms with van der Waals surface area (Å²) in [5.41, 5.74) is 0. The van der Waals surface area contributed by atoms with Gasteiger partial charge < -0.3 is 4.74 Å². The summed E-state index contributed by atoms with van der Waals surface area (Å²) in [4.78, 5) is 16.4. The number of Topliss-reactive ketones (excluding diaryl/α,β-unsaturated/α-hetero) is 1. The van der Waals surface area contributed by atoms with Crippen molar-refractivity contribution in [2.45, 2.75) is 20.8 Å². The molecule has 0 fully saturated rings. The van der Waals surface area contributed by atoms with Crippen molar-refractivity contribution in [2.75, 3.05) is 33.4 Å². The van der Waals surface area contributed by atoms with Crippen molar-refractivity contribution < 1.29 is 9.53 Å². The van der Waals surface area contributed by atoms with E-state index >= 15 is 0 Å². The van der Waals surface area contributed by atoms with Gasteiger partial charge in [0.15, 0.2) is 5.78 Å². The number of thiophene rings is 1. The van der Waals surface area contributed by atoms with Crippen molar-refractivity contribution >= 4 is 17.1 Å². The molecule has 0 aliphatic rings. The van der Waals surface area contributed by atoms with Gasteiger partial charge in [-0.2, -0.15) is 0 Å². The lowest BCUT2D eigenvalue weighted by Gasteiger charge is -2.22. The Balaban J connectivity index is 2.56. The average molecular weight is 269 g/mol. The second kappa shape index (κ2) is 7.67. The molecule has 1 heterocycles. The van der Waals surface area contributed by atoms with E-state index in [9.17, 15) is 4.79 Å². The third kappa shape index (κ3) is 5.29. The predicted octanol–water partition coefficient (Wildman–Crippen LogP) is 2.84. The highest BCUT2D eigenvalue weighted by Crippen LogP contribution is 2.16. The summed E-state index contributed by atoms with van der Waals surface area (Å²) in [6.07, 6.45) is 0. The minimum atomic E-state index is 0.213. The fourth-order valence-corrected chi connectivity index (χ4v) is 2.63. The maximum Gasteiger partial charge on any atom is 0.186 e. The number of hydrogen-bond donors (Lipinski definition) is 0. The zero-order chi connectivity index (χ0) is 13.5. The molecule has 0 aromatic carbocycles. The first kappa shape index (κ1) is 15.3. The normalized spacial score (nSPS) is 11.4. The van der Waals surface area contributed by atoms with Crippen LogP contribution in [0.3, 0.4) is 0 Å². The molecule has 0 saturated carbocycles. The zero-order valence-corrected chi connectivity index (χ0v) is 12.5. The second-order valence-electron chi connectivity index (χ2n) is 4.96. The number of carbonyl (C=O) groups is 1. The van der Waals surface area contributed by atoms with Gasteiger partial charge in [0, 0.05) is 25.1 Å². The third-order valence-electron chi connectivity index (χ3n) is 2.62. The largest absolute Gasteiger partial charge is 0.383 e. The Bertz CT molecular complexity index is 374. The number of ketones is 1. The fraction of sp³-hybridized carbons (Fsp3) is 0.643. The minimum absolute atomic E-state index is 0.213. The molecule has 0 atom stereocenters. The van der Waals surface area contributed by atoms with E-state index in [0.717, 1.165) is 18.0 Å². The molecule has 0 N–H and O–H groups in total. The molecule has 1 aromatic heterocycles. The van der Waals surface area contributed by atoms with Crippen LogP contribution in [0.5, 0.6) is 0 Å². The summed E-state index contributed by atoms with van der Waals surface area (Å²) in [6, 6.07) is 3.92. The topological polar surface area (TPSA) is 29.5 Å². The predicted molar refractivity (Wildman–Crippen MR) is 76.5 cm³/mol. The van der Waals surface area contributed by atoms with Crippen molar-refractivity contribution in [1.82, 2.24) is 4.90 Å². The van der Waals surface area contributed by atoms with E-state index in [1.54, 1.807) is 18.4 Å². The molecule has 0 aliphatic heterocycles. The van der Waals surface area contributed by atoms with Gasteiger partial charge >= 0.3 is 0 Å². The van der Waals surface area contributed by atoms with Crippen LogP contribution >= 0.6 is 11.3 Å². The van der Waals surface area contributed by atoms with Crippen LogP contribution in [0.15, 0.2) is 12.1 Å². The van der Waals surface area contributed by atoms with Crippen LogP contribution < -0.4 is 0 Å². The highest BCUT2D eigenvalue weighted by atomic mass is 32.1. The maximum atomic E-state index is 12.1. The first-order valence-electron chi connectivity index (χ1n) is 6.34. The second-order valence-corrected chi connectivity index (χ2v) is 6.24. The Hall–Kier alpha value is -0.710. The maximum absolute atomic E-state index is 12.1. The number of rotatable bonds is 8. The standard InChI is InChI=1S/C14H23NO2S/c1-11(2)9-15(7-8-17-4)10-13(16)14-6-5-12(3)18-14/h5-6,11H,7-10H2,1-4H3. The van der Waals surface area contributed by atoms with Crippen LogP contribution in [0.1, 0.15) is 28.4 Å². The Morgan fingerprint density at radius 3 is 2.67 bits per heavy atom. The molecule has 0 aliphatic carbocycles. The van der Waals surface area contributed by atoms with Gasteiger partial charge in [-0.1, -0.05) is 13.8 Å². The molecule has 1 aromatic rings. The summed E-state index contributed by atoms with van der Waals surface area (Å²) in [5, 5.41) is 0. The number of carbonyl (C=O) groups excluding carboxylic acids is 1. The third-order valence-corrected chi connectivity index (χ3v) is 3.66. The van der Waals surface area contributed by atoms with Gasteiger partial charge in [-0.25, -0.2) is 0 Å². The van der Waals surface area contributed by atoms with Crippen molar-refractivity contribution in [2.24, 2.45) is 5.92 Å². The van der Waals surface area contributed by atoms with Gasteiger partial charge in [0.05, 0.1) is 18.0 Å². The Labute approximate surface area is 114 Å². The van der Waals surface area contributed by atoms with Crippen molar-refractivity contribution in [1.29, 1.82) is 0 Å². The lowest BCUT2D eigenvalue weighted by atomic mass is 10.2. The van der Waals surface area contributed by atoms with Gasteiger partial charge in [0.2, 0.25) is 0 Å². The molecule has 0 radical (unpaired) electrons. The van der Waals surface area contributed by atoms with E-state index in [2.05, 4.69) is 18.7 Å². The lowest BCUT2D eigenvalue weighted by molar-refractivity contribution is 0.0885. The Kier molecular flexibility index (Phi) is 6.54. The highest BCUT2D eigenvalue weighted by molar-refractivity contribution is 7.14. The van der Waals surface area contributed by atoms with E-state index in [1.807, 2.05) is 19.1 Å². The summed E-state index contributed by atoms with van der Waals surface area (Å²) >= 11 is 1.57. The number of hydrogen-bond acceptors (Lipinski definition) is 4. The van der Waals surface area contributed by atoms with Gasteiger partial charge in [-0.05, 0) is 25.0 Å². The molecule has 1 rings (SSSR count). The van der Waals surface area contributed by atoms with Crippen LogP contribution in [0, 0.1) is 12.8 Å². The van der Waals surface area contributed by atoms with Crippen LogP contribution in [0.2, 0.25) is 0 Å². The molecular weight excluding hydrogens is 246 g/mol. The quantitative estimate of drug-likeness (QED) is 0.680. The van der Waals surface area contributed by atoms with Crippen molar-refractivity contribution in [3.05, 3.63) is 21.9 Å². The zero-order valence-electron chi connectivity index (χ0n) is 11.7. The molecule has 0 amide bonds. The summed E-state index contributed by atoms with van der Waals surface area (Å²) < 4.78 is 5.09. The number of aryl methyl sites for hydroxylation is 1. The average Bonchev–Trinajstić information content (AvgIpc) is 2.72. The summed E-state index contributed by atoms with van der Waals surface area (Å²) in [6.45, 7) is 9.26. The first-order valence-corrected chi connectivity index (χ1v) is 7.15. The fourth-order valence-electron chi connectivity index (χ4n) is 1.84. The van der Waals surface area contributed by atoms with E-state index in [0.29, 0.717) is 19.1 Å². The first-order chi connectivity index (χ1) is 8.52. The van der Waals surface area contributed by atoms with E-state index in [4.69, 9.17) is 4.74 Å². The molecule has 0 spiro atoms. The minimum Gasteiger partial charge on any atom is -0.383 e.